The van der Waals surface area contributed by atoms with Gasteiger partial charge < -0.3 is 10.6 Å². The number of fused-ring (bicyclic) bond motifs is 1. The maximum atomic E-state index is 5.36. The first-order valence-electron chi connectivity index (χ1n) is 8.20. The van der Waals surface area contributed by atoms with Crippen molar-refractivity contribution in [3.63, 3.8) is 0 Å². The Morgan fingerprint density at radius 3 is 2.96 bits per heavy atom. The third-order valence-corrected chi connectivity index (χ3v) is 4.64. The van der Waals surface area contributed by atoms with Gasteiger partial charge in [0.1, 0.15) is 16.9 Å². The van der Waals surface area contributed by atoms with Crippen LogP contribution in [0, 0.1) is 12.3 Å². The number of rotatable bonds is 4. The number of amidine groups is 1. The molecular formula is C19H18BrN7. The lowest BCUT2D eigenvalue weighted by molar-refractivity contribution is 0.892. The predicted molar refractivity (Wildman–Crippen MR) is 114 cm³/mol. The van der Waals surface area contributed by atoms with Gasteiger partial charge in [0, 0.05) is 23.5 Å². The minimum atomic E-state index is 0.0148. The molecule has 0 bridgehead atoms. The van der Waals surface area contributed by atoms with Crippen molar-refractivity contribution in [2.45, 2.75) is 11.2 Å². The summed E-state index contributed by atoms with van der Waals surface area (Å²) in [7, 11) is 0. The highest BCUT2D eigenvalue weighted by Crippen LogP contribution is 2.17. The van der Waals surface area contributed by atoms with Crippen molar-refractivity contribution >= 4 is 44.4 Å². The van der Waals surface area contributed by atoms with E-state index in [4.69, 9.17) is 6.42 Å². The van der Waals surface area contributed by atoms with Crippen LogP contribution >= 0.6 is 15.9 Å². The van der Waals surface area contributed by atoms with E-state index in [0.717, 1.165) is 23.1 Å². The Morgan fingerprint density at radius 1 is 1.37 bits per heavy atom. The lowest BCUT2D eigenvalue weighted by atomic mass is 10.2. The fourth-order valence-electron chi connectivity index (χ4n) is 2.38. The second-order valence-electron chi connectivity index (χ2n) is 5.71. The summed E-state index contributed by atoms with van der Waals surface area (Å²) < 4.78 is 0. The van der Waals surface area contributed by atoms with Crippen LogP contribution in [0.15, 0.2) is 64.8 Å². The molecule has 0 spiro atoms. The Morgan fingerprint density at radius 2 is 2.19 bits per heavy atom. The second kappa shape index (κ2) is 8.47. The minimum Gasteiger partial charge on any atom is -0.343 e. The zero-order chi connectivity index (χ0) is 19.2. The molecule has 0 aliphatic carbocycles. The van der Waals surface area contributed by atoms with E-state index >= 15 is 0 Å². The lowest BCUT2D eigenvalue weighted by Gasteiger charge is -2.14. The SMILES string of the molecule is C#CC(=C)/C=C(\C=C)NC1=NC(Nc2ccc3n[nH]nc3c2)=NCCC1Br. The Bertz CT molecular complexity index is 1010. The number of alkyl halides is 1. The summed E-state index contributed by atoms with van der Waals surface area (Å²) in [5.74, 6) is 3.69. The zero-order valence-corrected chi connectivity index (χ0v) is 16.1. The number of halogens is 1. The molecule has 0 saturated carbocycles. The third-order valence-electron chi connectivity index (χ3n) is 3.75. The Hall–Kier alpha value is -3.18. The van der Waals surface area contributed by atoms with Crippen molar-refractivity contribution in [3.05, 3.63) is 54.8 Å². The first-order valence-corrected chi connectivity index (χ1v) is 9.12. The van der Waals surface area contributed by atoms with Gasteiger partial charge in [-0.3, -0.25) is 4.99 Å². The van der Waals surface area contributed by atoms with Gasteiger partial charge >= 0.3 is 0 Å². The van der Waals surface area contributed by atoms with Gasteiger partial charge in [0.2, 0.25) is 5.96 Å². The molecule has 2 heterocycles. The van der Waals surface area contributed by atoms with Crippen LogP contribution in [0.25, 0.3) is 11.0 Å². The van der Waals surface area contributed by atoms with E-state index in [9.17, 15) is 0 Å². The third kappa shape index (κ3) is 4.71. The van der Waals surface area contributed by atoms with Gasteiger partial charge in [-0.05, 0) is 36.8 Å². The number of H-pyrrole nitrogens is 1. The van der Waals surface area contributed by atoms with Crippen LogP contribution in [0.2, 0.25) is 0 Å². The monoisotopic (exact) mass is 423 g/mol. The first kappa shape index (κ1) is 18.6. The molecular weight excluding hydrogens is 406 g/mol. The van der Waals surface area contributed by atoms with E-state index in [2.05, 4.69) is 71.0 Å². The maximum Gasteiger partial charge on any atom is 0.224 e. The van der Waals surface area contributed by atoms with Crippen LogP contribution in [-0.2, 0) is 0 Å². The second-order valence-corrected chi connectivity index (χ2v) is 6.81. The molecule has 1 aliphatic heterocycles. The minimum absolute atomic E-state index is 0.0148. The molecule has 0 saturated heterocycles. The number of hydrogen-bond acceptors (Lipinski definition) is 6. The number of aromatic amines is 1. The van der Waals surface area contributed by atoms with E-state index in [1.165, 1.54) is 0 Å². The number of hydrogen-bond donors (Lipinski definition) is 3. The van der Waals surface area contributed by atoms with Crippen LogP contribution in [-0.4, -0.2) is 38.6 Å². The quantitative estimate of drug-likeness (QED) is 0.400. The van der Waals surface area contributed by atoms with Crippen molar-refractivity contribution in [1.82, 2.24) is 20.7 Å². The first-order chi connectivity index (χ1) is 13.1. The molecule has 27 heavy (non-hydrogen) atoms. The number of guanidine groups is 1. The molecule has 2 aromatic rings. The molecule has 0 amide bonds. The van der Waals surface area contributed by atoms with Gasteiger partial charge in [0.15, 0.2) is 0 Å². The molecule has 1 unspecified atom stereocenters. The fraction of sp³-hybridized carbons (Fsp3) is 0.158. The van der Waals surface area contributed by atoms with Crippen molar-refractivity contribution < 1.29 is 0 Å². The van der Waals surface area contributed by atoms with Crippen LogP contribution in [0.3, 0.4) is 0 Å². The topological polar surface area (TPSA) is 90.3 Å². The standard InChI is InChI=1S/C19H18BrN7/c1-4-12(3)10-13(5-2)22-18-15(20)8-9-21-19(24-18)23-14-6-7-16-17(11-14)26-27-25-16/h1,5-7,10-11,15H,2-3,8-9H2,(H,25,26,27)(H2,21,22,23,24)/b13-10+. The number of terminal acetylenes is 1. The van der Waals surface area contributed by atoms with E-state index in [0.29, 0.717) is 29.6 Å². The summed E-state index contributed by atoms with van der Waals surface area (Å²) in [6.07, 6.45) is 9.56. The molecule has 1 aromatic carbocycles. The van der Waals surface area contributed by atoms with Gasteiger partial charge in [-0.1, -0.05) is 35.0 Å². The molecule has 3 N–H and O–H groups in total. The van der Waals surface area contributed by atoms with Crippen molar-refractivity contribution in [2.75, 3.05) is 11.9 Å². The molecule has 136 valence electrons. The molecule has 1 aliphatic rings. The summed E-state index contributed by atoms with van der Waals surface area (Å²) in [5, 5.41) is 17.2. The largest absolute Gasteiger partial charge is 0.343 e. The molecule has 7 nitrogen and oxygen atoms in total. The maximum absolute atomic E-state index is 5.36. The Kier molecular flexibility index (Phi) is 5.84. The van der Waals surface area contributed by atoms with Gasteiger partial charge in [0.05, 0.1) is 4.83 Å². The Balaban J connectivity index is 1.83. The van der Waals surface area contributed by atoms with Crippen LogP contribution in [0.1, 0.15) is 6.42 Å². The van der Waals surface area contributed by atoms with Gasteiger partial charge in [0.25, 0.3) is 0 Å². The lowest BCUT2D eigenvalue weighted by Crippen LogP contribution is -2.31. The number of allylic oxidation sites excluding steroid dienone is 3. The highest BCUT2D eigenvalue weighted by molar-refractivity contribution is 9.10. The molecule has 0 radical (unpaired) electrons. The van der Waals surface area contributed by atoms with Crippen molar-refractivity contribution in [2.24, 2.45) is 9.98 Å². The predicted octanol–water partition coefficient (Wildman–Crippen LogP) is 3.14. The van der Waals surface area contributed by atoms with Crippen molar-refractivity contribution in [1.29, 1.82) is 0 Å². The summed E-state index contributed by atoms with van der Waals surface area (Å²) in [4.78, 5) is 9.15. The fourth-order valence-corrected chi connectivity index (χ4v) is 2.81. The normalized spacial score (nSPS) is 17.3. The highest BCUT2D eigenvalue weighted by atomic mass is 79.9. The van der Waals surface area contributed by atoms with Gasteiger partial charge in [-0.15, -0.1) is 6.42 Å². The van der Waals surface area contributed by atoms with Crippen molar-refractivity contribution in [3.8, 4) is 12.3 Å². The van der Waals surface area contributed by atoms with Crippen LogP contribution < -0.4 is 10.6 Å². The summed E-state index contributed by atoms with van der Waals surface area (Å²) in [6, 6.07) is 5.66. The molecule has 1 aromatic heterocycles. The van der Waals surface area contributed by atoms with Crippen LogP contribution in [0.4, 0.5) is 5.69 Å². The smallest absolute Gasteiger partial charge is 0.224 e. The van der Waals surface area contributed by atoms with E-state index in [-0.39, 0.29) is 4.83 Å². The number of anilines is 1. The zero-order valence-electron chi connectivity index (χ0n) is 14.5. The number of benzene rings is 1. The Labute approximate surface area is 165 Å². The van der Waals surface area contributed by atoms with Gasteiger partial charge in [-0.2, -0.15) is 20.4 Å². The van der Waals surface area contributed by atoms with Crippen LogP contribution in [0.5, 0.6) is 0 Å². The van der Waals surface area contributed by atoms with Gasteiger partial charge in [-0.25, -0.2) is 0 Å². The molecule has 3 rings (SSSR count). The molecule has 8 heteroatoms. The van der Waals surface area contributed by atoms with E-state index < -0.39 is 0 Å². The summed E-state index contributed by atoms with van der Waals surface area (Å²) in [5.41, 5.74) is 3.65. The summed E-state index contributed by atoms with van der Waals surface area (Å²) >= 11 is 3.64. The highest BCUT2D eigenvalue weighted by Gasteiger charge is 2.17. The molecule has 0 fully saturated rings. The number of nitrogens with zero attached hydrogens (tertiary/aromatic N) is 4. The average molecular weight is 424 g/mol. The van der Waals surface area contributed by atoms with E-state index in [1.807, 2.05) is 18.2 Å². The average Bonchev–Trinajstić information content (AvgIpc) is 3.06. The number of aliphatic imine (C=N–C) groups is 2. The van der Waals surface area contributed by atoms with E-state index in [1.54, 1.807) is 12.2 Å². The summed E-state index contributed by atoms with van der Waals surface area (Å²) in [6.45, 7) is 8.21. The number of aromatic nitrogens is 3. The molecule has 1 atom stereocenters. The number of nitrogens with one attached hydrogen (secondary N) is 3.